The Labute approximate surface area is 158 Å². The first-order valence-electron chi connectivity index (χ1n) is 8.77. The average molecular weight is 365 g/mol. The summed E-state index contributed by atoms with van der Waals surface area (Å²) in [6, 6.07) is 15.4. The molecule has 0 saturated carbocycles. The molecule has 5 heteroatoms. The summed E-state index contributed by atoms with van der Waals surface area (Å²) in [6.45, 7) is 3.81. The van der Waals surface area contributed by atoms with Gasteiger partial charge in [0.15, 0.2) is 11.5 Å². The summed E-state index contributed by atoms with van der Waals surface area (Å²) >= 11 is 0. The van der Waals surface area contributed by atoms with Gasteiger partial charge in [0.05, 0.1) is 13.7 Å². The maximum atomic E-state index is 8.91. The van der Waals surface area contributed by atoms with Crippen LogP contribution in [-0.2, 0) is 0 Å². The molecule has 0 fully saturated rings. The second-order valence-electron chi connectivity index (χ2n) is 6.08. The lowest BCUT2D eigenvalue weighted by atomic mass is 10.2. The van der Waals surface area contributed by atoms with Gasteiger partial charge in [-0.05, 0) is 43.7 Å². The number of oxazole rings is 1. The molecule has 0 bridgehead atoms. The van der Waals surface area contributed by atoms with Crippen molar-refractivity contribution in [3.8, 4) is 23.0 Å². The normalized spacial score (nSPS) is 12.3. The first-order valence-corrected chi connectivity index (χ1v) is 8.77. The molecule has 0 radical (unpaired) electrons. The summed E-state index contributed by atoms with van der Waals surface area (Å²) in [5.74, 6) is 2.54. The highest BCUT2D eigenvalue weighted by atomic mass is 16.5. The standard InChI is InChI=1S/C22H23NO4/c1-15(21-16(2)27-22(23-21)18-9-5-4-6-10-18)26-19-12-11-17(8-7-13-24)14-20(19)25-3/h4-12,14-15,24H,13H2,1-3H3. The summed E-state index contributed by atoms with van der Waals surface area (Å²) in [5.41, 5.74) is 2.60. The lowest BCUT2D eigenvalue weighted by molar-refractivity contribution is 0.210. The van der Waals surface area contributed by atoms with Crippen molar-refractivity contribution in [1.29, 1.82) is 0 Å². The summed E-state index contributed by atoms with van der Waals surface area (Å²) < 4.78 is 17.4. The molecule has 27 heavy (non-hydrogen) atoms. The third-order valence-electron chi connectivity index (χ3n) is 4.15. The van der Waals surface area contributed by atoms with E-state index in [1.54, 1.807) is 13.2 Å². The number of nitrogens with zero attached hydrogens (tertiary/aromatic N) is 1. The summed E-state index contributed by atoms with van der Waals surface area (Å²) in [7, 11) is 1.60. The maximum Gasteiger partial charge on any atom is 0.226 e. The van der Waals surface area contributed by atoms with E-state index in [9.17, 15) is 0 Å². The van der Waals surface area contributed by atoms with E-state index in [1.165, 1.54) is 0 Å². The molecule has 0 aliphatic carbocycles. The Morgan fingerprint density at radius 3 is 2.63 bits per heavy atom. The molecule has 140 valence electrons. The zero-order valence-electron chi connectivity index (χ0n) is 15.7. The van der Waals surface area contributed by atoms with Gasteiger partial charge in [-0.25, -0.2) is 4.98 Å². The van der Waals surface area contributed by atoms with Crippen LogP contribution in [-0.4, -0.2) is 23.8 Å². The minimum Gasteiger partial charge on any atom is -0.493 e. The molecule has 3 aromatic rings. The van der Waals surface area contributed by atoms with Crippen LogP contribution >= 0.6 is 0 Å². The van der Waals surface area contributed by atoms with Gasteiger partial charge in [0.25, 0.3) is 0 Å². The van der Waals surface area contributed by atoms with Crippen LogP contribution in [0.15, 0.2) is 59.0 Å². The maximum absolute atomic E-state index is 8.91. The van der Waals surface area contributed by atoms with Crippen LogP contribution in [0.5, 0.6) is 11.5 Å². The Hall–Kier alpha value is -3.05. The van der Waals surface area contributed by atoms with Crippen LogP contribution in [0.1, 0.15) is 30.0 Å². The lowest BCUT2D eigenvalue weighted by Gasteiger charge is -2.16. The minimum atomic E-state index is -0.307. The molecule has 0 spiro atoms. The average Bonchev–Trinajstić information content (AvgIpc) is 3.09. The van der Waals surface area contributed by atoms with Gasteiger partial charge >= 0.3 is 0 Å². The van der Waals surface area contributed by atoms with E-state index in [2.05, 4.69) is 4.98 Å². The minimum absolute atomic E-state index is 0.00716. The zero-order valence-corrected chi connectivity index (χ0v) is 15.7. The fraction of sp³-hybridized carbons (Fsp3) is 0.227. The van der Waals surface area contributed by atoms with E-state index in [-0.39, 0.29) is 12.7 Å². The van der Waals surface area contributed by atoms with Crippen LogP contribution in [0, 0.1) is 6.92 Å². The zero-order chi connectivity index (χ0) is 19.2. The molecule has 1 aromatic heterocycles. The largest absolute Gasteiger partial charge is 0.493 e. The van der Waals surface area contributed by atoms with Gasteiger partial charge in [-0.1, -0.05) is 36.4 Å². The second kappa shape index (κ2) is 8.56. The van der Waals surface area contributed by atoms with Gasteiger partial charge in [-0.3, -0.25) is 0 Å². The first kappa shape index (κ1) is 18.7. The van der Waals surface area contributed by atoms with E-state index in [0.29, 0.717) is 17.4 Å². The SMILES string of the molecule is COc1cc(C=CCO)ccc1OC(C)c1nc(-c2ccccc2)oc1C. The van der Waals surface area contributed by atoms with Crippen molar-refractivity contribution in [3.05, 3.63) is 71.6 Å². The highest BCUT2D eigenvalue weighted by Gasteiger charge is 2.20. The number of rotatable bonds is 7. The molecule has 1 N–H and O–H groups in total. The van der Waals surface area contributed by atoms with Crippen molar-refractivity contribution in [2.24, 2.45) is 0 Å². The van der Waals surface area contributed by atoms with Gasteiger partial charge in [-0.15, -0.1) is 0 Å². The Balaban J connectivity index is 1.82. The van der Waals surface area contributed by atoms with Crippen LogP contribution in [0.4, 0.5) is 0 Å². The number of aliphatic hydroxyl groups excluding tert-OH is 1. The molecule has 0 amide bonds. The van der Waals surface area contributed by atoms with E-state index in [4.69, 9.17) is 19.0 Å². The third kappa shape index (κ3) is 4.38. The fourth-order valence-electron chi connectivity index (χ4n) is 2.81. The molecule has 1 atom stereocenters. The fourth-order valence-corrected chi connectivity index (χ4v) is 2.81. The van der Waals surface area contributed by atoms with Crippen molar-refractivity contribution in [3.63, 3.8) is 0 Å². The number of methoxy groups -OCH3 is 1. The van der Waals surface area contributed by atoms with Crippen molar-refractivity contribution < 1.29 is 19.0 Å². The van der Waals surface area contributed by atoms with Crippen LogP contribution in [0.25, 0.3) is 17.5 Å². The van der Waals surface area contributed by atoms with E-state index < -0.39 is 0 Å². The summed E-state index contributed by atoms with van der Waals surface area (Å²) in [4.78, 5) is 4.62. The van der Waals surface area contributed by atoms with E-state index in [0.717, 1.165) is 22.6 Å². The number of hydrogen-bond acceptors (Lipinski definition) is 5. The smallest absolute Gasteiger partial charge is 0.226 e. The Morgan fingerprint density at radius 2 is 1.93 bits per heavy atom. The molecular formula is C22H23NO4. The van der Waals surface area contributed by atoms with Crippen molar-refractivity contribution in [2.45, 2.75) is 20.0 Å². The highest BCUT2D eigenvalue weighted by Crippen LogP contribution is 2.34. The van der Waals surface area contributed by atoms with Gasteiger partial charge in [0, 0.05) is 5.56 Å². The number of aromatic nitrogens is 1. The Kier molecular flexibility index (Phi) is 5.94. The lowest BCUT2D eigenvalue weighted by Crippen LogP contribution is -2.06. The molecule has 0 aliphatic rings. The highest BCUT2D eigenvalue weighted by molar-refractivity contribution is 5.56. The van der Waals surface area contributed by atoms with Gasteiger partial charge in [0.2, 0.25) is 5.89 Å². The molecule has 0 aliphatic heterocycles. The van der Waals surface area contributed by atoms with Crippen molar-refractivity contribution in [1.82, 2.24) is 4.98 Å². The molecule has 1 unspecified atom stereocenters. The monoisotopic (exact) mass is 365 g/mol. The predicted octanol–water partition coefficient (Wildman–Crippen LogP) is 4.80. The number of aliphatic hydroxyl groups is 1. The number of ether oxygens (including phenoxy) is 2. The molecule has 3 rings (SSSR count). The second-order valence-corrected chi connectivity index (χ2v) is 6.08. The Morgan fingerprint density at radius 1 is 1.15 bits per heavy atom. The van der Waals surface area contributed by atoms with Gasteiger partial charge in [0.1, 0.15) is 17.6 Å². The third-order valence-corrected chi connectivity index (χ3v) is 4.15. The molecule has 5 nitrogen and oxygen atoms in total. The van der Waals surface area contributed by atoms with E-state index >= 15 is 0 Å². The number of aryl methyl sites for hydroxylation is 1. The topological polar surface area (TPSA) is 64.7 Å². The number of benzene rings is 2. The van der Waals surface area contributed by atoms with E-state index in [1.807, 2.05) is 68.5 Å². The van der Waals surface area contributed by atoms with Crippen molar-refractivity contribution >= 4 is 6.08 Å². The summed E-state index contributed by atoms with van der Waals surface area (Å²) in [6.07, 6.45) is 3.18. The molecule has 1 heterocycles. The quantitative estimate of drug-likeness (QED) is 0.651. The molecule has 0 saturated heterocycles. The summed E-state index contributed by atoms with van der Waals surface area (Å²) in [5, 5.41) is 8.91. The molecule has 2 aromatic carbocycles. The molecular weight excluding hydrogens is 342 g/mol. The first-order chi connectivity index (χ1) is 13.1. The van der Waals surface area contributed by atoms with Gasteiger partial charge in [-0.2, -0.15) is 0 Å². The van der Waals surface area contributed by atoms with Crippen LogP contribution in [0.2, 0.25) is 0 Å². The predicted molar refractivity (Wildman–Crippen MR) is 105 cm³/mol. The van der Waals surface area contributed by atoms with Crippen LogP contribution in [0.3, 0.4) is 0 Å². The van der Waals surface area contributed by atoms with Crippen LogP contribution < -0.4 is 9.47 Å². The number of hydrogen-bond donors (Lipinski definition) is 1. The van der Waals surface area contributed by atoms with Crippen molar-refractivity contribution in [2.75, 3.05) is 13.7 Å². The van der Waals surface area contributed by atoms with Gasteiger partial charge < -0.3 is 19.0 Å². The Bertz CT molecular complexity index is 915.